The normalized spacial score (nSPS) is 19.2. The molecule has 1 aromatic rings. The van der Waals surface area contributed by atoms with Crippen molar-refractivity contribution in [2.75, 3.05) is 26.4 Å². The van der Waals surface area contributed by atoms with E-state index in [1.165, 1.54) is 31.2 Å². The molecule has 0 atom stereocenters. The zero-order valence-electron chi connectivity index (χ0n) is 10.4. The maximum Gasteiger partial charge on any atom is 0.0352 e. The van der Waals surface area contributed by atoms with E-state index in [0.29, 0.717) is 5.41 Å². The molecule has 2 nitrogen and oxygen atoms in total. The summed E-state index contributed by atoms with van der Waals surface area (Å²) >= 11 is 0. The predicted octanol–water partition coefficient (Wildman–Crippen LogP) is 2.64. The Labute approximate surface area is 98.4 Å². The number of hydrogen-bond acceptors (Lipinski definition) is 2. The summed E-state index contributed by atoms with van der Waals surface area (Å²) in [6, 6.07) is 8.38. The lowest BCUT2D eigenvalue weighted by Crippen LogP contribution is -2.35. The molecule has 0 saturated heterocycles. The van der Waals surface area contributed by atoms with E-state index in [2.05, 4.69) is 31.1 Å². The second-order valence-electron chi connectivity index (χ2n) is 5.31. The van der Waals surface area contributed by atoms with Crippen molar-refractivity contribution in [1.29, 1.82) is 0 Å². The van der Waals surface area contributed by atoms with Crippen LogP contribution in [0.3, 0.4) is 0 Å². The Bertz CT molecular complexity index is 352. The Balaban J connectivity index is 2.36. The fourth-order valence-corrected chi connectivity index (χ4v) is 3.15. The monoisotopic (exact) mass is 218 g/mol. The number of nitrogens with zero attached hydrogens (tertiary/aromatic N) is 1. The first kappa shape index (κ1) is 11.5. The van der Waals surface area contributed by atoms with E-state index >= 15 is 0 Å². The van der Waals surface area contributed by atoms with Gasteiger partial charge in [-0.05, 0) is 38.6 Å². The van der Waals surface area contributed by atoms with Gasteiger partial charge in [-0.15, -0.1) is 0 Å². The fourth-order valence-electron chi connectivity index (χ4n) is 3.15. The molecule has 1 aliphatic carbocycles. The van der Waals surface area contributed by atoms with E-state index in [1.807, 2.05) is 12.1 Å². The summed E-state index contributed by atoms with van der Waals surface area (Å²) in [5, 5.41) is 0. The van der Waals surface area contributed by atoms with Crippen LogP contribution in [0.1, 0.15) is 31.2 Å². The number of nitrogen functional groups attached to an aromatic ring is 1. The first-order chi connectivity index (χ1) is 7.64. The highest BCUT2D eigenvalue weighted by Crippen LogP contribution is 2.43. The quantitative estimate of drug-likeness (QED) is 0.790. The number of rotatable bonds is 3. The first-order valence-corrected chi connectivity index (χ1v) is 6.14. The number of likely N-dealkylation sites (N-methyl/N-ethyl adjacent to an activating group) is 1. The molecule has 1 aromatic carbocycles. The second kappa shape index (κ2) is 4.46. The zero-order chi connectivity index (χ0) is 11.6. The maximum atomic E-state index is 6.14. The molecule has 0 radical (unpaired) electrons. The Hall–Kier alpha value is -1.02. The van der Waals surface area contributed by atoms with Gasteiger partial charge in [0.1, 0.15) is 0 Å². The third-order valence-electron chi connectivity index (χ3n) is 3.71. The van der Waals surface area contributed by atoms with Crippen LogP contribution in [-0.2, 0) is 5.41 Å². The van der Waals surface area contributed by atoms with Gasteiger partial charge < -0.3 is 10.6 Å². The Kier molecular flexibility index (Phi) is 3.20. The van der Waals surface area contributed by atoms with Crippen LogP contribution in [0.5, 0.6) is 0 Å². The molecule has 0 aromatic heterocycles. The van der Waals surface area contributed by atoms with Crippen LogP contribution in [0.15, 0.2) is 24.3 Å². The van der Waals surface area contributed by atoms with Gasteiger partial charge in [-0.3, -0.25) is 0 Å². The van der Waals surface area contributed by atoms with Crippen LogP contribution in [0.25, 0.3) is 0 Å². The van der Waals surface area contributed by atoms with Gasteiger partial charge in [-0.1, -0.05) is 31.0 Å². The number of para-hydroxylation sites is 1. The summed E-state index contributed by atoms with van der Waals surface area (Å²) in [6.45, 7) is 1.11. The lowest BCUT2D eigenvalue weighted by atomic mass is 9.77. The first-order valence-electron chi connectivity index (χ1n) is 6.14. The van der Waals surface area contributed by atoms with Gasteiger partial charge in [-0.25, -0.2) is 0 Å². The van der Waals surface area contributed by atoms with Crippen molar-refractivity contribution in [2.45, 2.75) is 31.1 Å². The fraction of sp³-hybridized carbons (Fsp3) is 0.571. The molecule has 2 rings (SSSR count). The molecule has 2 N–H and O–H groups in total. The highest BCUT2D eigenvalue weighted by Gasteiger charge is 2.37. The van der Waals surface area contributed by atoms with Crippen molar-refractivity contribution in [3.8, 4) is 0 Å². The lowest BCUT2D eigenvalue weighted by molar-refractivity contribution is 0.284. The Morgan fingerprint density at radius 2 is 1.81 bits per heavy atom. The van der Waals surface area contributed by atoms with Crippen molar-refractivity contribution in [3.05, 3.63) is 29.8 Å². The van der Waals surface area contributed by atoms with E-state index in [4.69, 9.17) is 5.73 Å². The van der Waals surface area contributed by atoms with Crippen LogP contribution >= 0.6 is 0 Å². The van der Waals surface area contributed by atoms with Crippen LogP contribution < -0.4 is 5.73 Å². The molecule has 0 aliphatic heterocycles. The zero-order valence-corrected chi connectivity index (χ0v) is 10.4. The molecular formula is C14H22N2. The summed E-state index contributed by atoms with van der Waals surface area (Å²) in [4.78, 5) is 2.29. The molecule has 1 aliphatic rings. The third-order valence-corrected chi connectivity index (χ3v) is 3.71. The largest absolute Gasteiger partial charge is 0.398 e. The lowest BCUT2D eigenvalue weighted by Gasteiger charge is -2.33. The van der Waals surface area contributed by atoms with Gasteiger partial charge in [0.15, 0.2) is 0 Å². The minimum absolute atomic E-state index is 0.300. The van der Waals surface area contributed by atoms with E-state index in [-0.39, 0.29) is 0 Å². The standard InChI is InChI=1S/C14H22N2/c1-16(2)11-14(9-5-6-10-14)12-7-3-4-8-13(12)15/h3-4,7-8H,5-6,9-11,15H2,1-2H3. The topological polar surface area (TPSA) is 29.3 Å². The minimum Gasteiger partial charge on any atom is -0.398 e. The molecule has 1 fully saturated rings. The van der Waals surface area contributed by atoms with E-state index < -0.39 is 0 Å². The molecule has 16 heavy (non-hydrogen) atoms. The molecule has 0 unspecified atom stereocenters. The minimum atomic E-state index is 0.300. The van der Waals surface area contributed by atoms with E-state index in [9.17, 15) is 0 Å². The summed E-state index contributed by atoms with van der Waals surface area (Å²) in [5.41, 5.74) is 8.77. The van der Waals surface area contributed by atoms with Gasteiger partial charge in [0.25, 0.3) is 0 Å². The van der Waals surface area contributed by atoms with Gasteiger partial charge in [-0.2, -0.15) is 0 Å². The molecule has 0 spiro atoms. The van der Waals surface area contributed by atoms with E-state index in [0.717, 1.165) is 12.2 Å². The molecular weight excluding hydrogens is 196 g/mol. The van der Waals surface area contributed by atoms with E-state index in [1.54, 1.807) is 0 Å². The number of hydrogen-bond donors (Lipinski definition) is 1. The molecule has 0 bridgehead atoms. The summed E-state index contributed by atoms with van der Waals surface area (Å²) in [6.07, 6.45) is 5.23. The van der Waals surface area contributed by atoms with Gasteiger partial charge in [0, 0.05) is 17.6 Å². The Morgan fingerprint density at radius 3 is 2.38 bits per heavy atom. The van der Waals surface area contributed by atoms with Crippen LogP contribution in [0, 0.1) is 0 Å². The summed E-state index contributed by atoms with van der Waals surface area (Å²) in [5.74, 6) is 0. The Morgan fingerprint density at radius 1 is 1.19 bits per heavy atom. The smallest absolute Gasteiger partial charge is 0.0352 e. The highest BCUT2D eigenvalue weighted by atomic mass is 15.1. The van der Waals surface area contributed by atoms with Crippen molar-refractivity contribution < 1.29 is 0 Å². The van der Waals surface area contributed by atoms with Crippen molar-refractivity contribution in [3.63, 3.8) is 0 Å². The van der Waals surface area contributed by atoms with Gasteiger partial charge >= 0.3 is 0 Å². The molecule has 0 amide bonds. The molecule has 1 saturated carbocycles. The van der Waals surface area contributed by atoms with Crippen molar-refractivity contribution in [2.24, 2.45) is 0 Å². The average molecular weight is 218 g/mol. The van der Waals surface area contributed by atoms with Crippen molar-refractivity contribution in [1.82, 2.24) is 4.90 Å². The number of benzene rings is 1. The summed E-state index contributed by atoms with van der Waals surface area (Å²) in [7, 11) is 4.30. The van der Waals surface area contributed by atoms with Crippen molar-refractivity contribution >= 4 is 5.69 Å². The highest BCUT2D eigenvalue weighted by molar-refractivity contribution is 5.51. The molecule has 88 valence electrons. The van der Waals surface area contributed by atoms with Crippen LogP contribution in [-0.4, -0.2) is 25.5 Å². The number of anilines is 1. The van der Waals surface area contributed by atoms with Crippen LogP contribution in [0.4, 0.5) is 5.69 Å². The SMILES string of the molecule is CN(C)CC1(c2ccccc2N)CCCC1. The predicted molar refractivity (Wildman–Crippen MR) is 69.6 cm³/mol. The third kappa shape index (κ3) is 2.07. The second-order valence-corrected chi connectivity index (χ2v) is 5.31. The number of nitrogens with two attached hydrogens (primary N) is 1. The van der Waals surface area contributed by atoms with Crippen LogP contribution in [0.2, 0.25) is 0 Å². The molecule has 2 heteroatoms. The maximum absolute atomic E-state index is 6.14. The summed E-state index contributed by atoms with van der Waals surface area (Å²) < 4.78 is 0. The van der Waals surface area contributed by atoms with Gasteiger partial charge in [0.05, 0.1) is 0 Å². The van der Waals surface area contributed by atoms with Gasteiger partial charge in [0.2, 0.25) is 0 Å². The average Bonchev–Trinajstić information content (AvgIpc) is 2.67. The molecule has 0 heterocycles.